The van der Waals surface area contributed by atoms with Crippen LogP contribution in [0.4, 0.5) is 0 Å². The third-order valence-corrected chi connectivity index (χ3v) is 5.16. The second-order valence-electron chi connectivity index (χ2n) is 7.12. The van der Waals surface area contributed by atoms with Gasteiger partial charge in [0, 0.05) is 17.0 Å². The standard InChI is InChI=1S/C22H23N3O/c1-15-11-13-16(14-12-15)21-20(18-9-5-6-10-19(18)24-25-21)22(26)23-17-7-3-2-4-8-17/h5-6,9-14,17H,2-4,7-8H2,1H3,(H,23,26). The number of aromatic nitrogens is 2. The van der Waals surface area contributed by atoms with Crippen molar-refractivity contribution in [2.45, 2.75) is 45.1 Å². The summed E-state index contributed by atoms with van der Waals surface area (Å²) in [7, 11) is 0. The highest BCUT2D eigenvalue weighted by molar-refractivity contribution is 6.10. The molecule has 4 rings (SSSR count). The zero-order chi connectivity index (χ0) is 17.9. The first-order valence-electron chi connectivity index (χ1n) is 9.36. The number of hydrogen-bond acceptors (Lipinski definition) is 3. The van der Waals surface area contributed by atoms with Crippen LogP contribution >= 0.6 is 0 Å². The molecule has 1 aliphatic carbocycles. The number of hydrogen-bond donors (Lipinski definition) is 1. The minimum Gasteiger partial charge on any atom is -0.349 e. The lowest BCUT2D eigenvalue weighted by Gasteiger charge is -2.23. The Morgan fingerprint density at radius 2 is 1.69 bits per heavy atom. The summed E-state index contributed by atoms with van der Waals surface area (Å²) < 4.78 is 0. The van der Waals surface area contributed by atoms with Gasteiger partial charge in [0.15, 0.2) is 0 Å². The molecule has 0 aliphatic heterocycles. The van der Waals surface area contributed by atoms with E-state index in [1.807, 2.05) is 55.5 Å². The van der Waals surface area contributed by atoms with Crippen LogP contribution in [0, 0.1) is 6.92 Å². The molecule has 0 saturated heterocycles. The fourth-order valence-corrected chi connectivity index (χ4v) is 3.70. The van der Waals surface area contributed by atoms with Crippen molar-refractivity contribution < 1.29 is 4.79 Å². The van der Waals surface area contributed by atoms with E-state index < -0.39 is 0 Å². The van der Waals surface area contributed by atoms with Crippen LogP contribution in [0.3, 0.4) is 0 Å². The summed E-state index contributed by atoms with van der Waals surface area (Å²) in [5.74, 6) is -0.0430. The van der Waals surface area contributed by atoms with E-state index >= 15 is 0 Å². The quantitative estimate of drug-likeness (QED) is 0.750. The molecule has 1 aliphatic rings. The van der Waals surface area contributed by atoms with Gasteiger partial charge in [0.05, 0.1) is 11.1 Å². The molecular weight excluding hydrogens is 322 g/mol. The molecule has 2 aromatic carbocycles. The molecular formula is C22H23N3O. The van der Waals surface area contributed by atoms with E-state index in [4.69, 9.17) is 0 Å². The van der Waals surface area contributed by atoms with Crippen LogP contribution in [0.15, 0.2) is 48.5 Å². The van der Waals surface area contributed by atoms with Crippen LogP contribution in [0.5, 0.6) is 0 Å². The first-order valence-corrected chi connectivity index (χ1v) is 9.36. The fraction of sp³-hybridized carbons (Fsp3) is 0.318. The predicted octanol–water partition coefficient (Wildman–Crippen LogP) is 4.67. The average Bonchev–Trinajstić information content (AvgIpc) is 2.68. The van der Waals surface area contributed by atoms with Gasteiger partial charge >= 0.3 is 0 Å². The van der Waals surface area contributed by atoms with Crippen molar-refractivity contribution >= 4 is 16.8 Å². The van der Waals surface area contributed by atoms with Crippen molar-refractivity contribution in [2.75, 3.05) is 0 Å². The normalized spacial score (nSPS) is 15.1. The van der Waals surface area contributed by atoms with Crippen LogP contribution in [-0.4, -0.2) is 22.1 Å². The number of rotatable bonds is 3. The third kappa shape index (κ3) is 3.32. The van der Waals surface area contributed by atoms with Crippen LogP contribution in [-0.2, 0) is 0 Å². The Hall–Kier alpha value is -2.75. The smallest absolute Gasteiger partial charge is 0.254 e. The molecule has 1 heterocycles. The van der Waals surface area contributed by atoms with Crippen molar-refractivity contribution in [3.63, 3.8) is 0 Å². The van der Waals surface area contributed by atoms with Gasteiger partial charge in [-0.05, 0) is 25.8 Å². The molecule has 1 amide bonds. The van der Waals surface area contributed by atoms with E-state index in [1.54, 1.807) is 0 Å². The van der Waals surface area contributed by atoms with Crippen molar-refractivity contribution in [1.82, 2.24) is 15.5 Å². The minimum atomic E-state index is -0.0430. The number of nitrogens with zero attached hydrogens (tertiary/aromatic N) is 2. The summed E-state index contributed by atoms with van der Waals surface area (Å²) in [6.07, 6.45) is 5.75. The maximum atomic E-state index is 13.2. The SMILES string of the molecule is Cc1ccc(-c2nnc3ccccc3c2C(=O)NC2CCCCC2)cc1. The monoisotopic (exact) mass is 345 g/mol. The predicted molar refractivity (Wildman–Crippen MR) is 104 cm³/mol. The molecule has 0 radical (unpaired) electrons. The maximum Gasteiger partial charge on any atom is 0.254 e. The van der Waals surface area contributed by atoms with E-state index in [-0.39, 0.29) is 11.9 Å². The van der Waals surface area contributed by atoms with E-state index in [0.717, 1.165) is 29.3 Å². The molecule has 4 heteroatoms. The van der Waals surface area contributed by atoms with Gasteiger partial charge < -0.3 is 5.32 Å². The van der Waals surface area contributed by atoms with E-state index in [1.165, 1.54) is 24.8 Å². The summed E-state index contributed by atoms with van der Waals surface area (Å²) in [5, 5.41) is 12.8. The van der Waals surface area contributed by atoms with Gasteiger partial charge in [0.1, 0.15) is 5.69 Å². The molecule has 4 nitrogen and oxygen atoms in total. The van der Waals surface area contributed by atoms with E-state index in [0.29, 0.717) is 11.3 Å². The van der Waals surface area contributed by atoms with Crippen LogP contribution in [0.2, 0.25) is 0 Å². The molecule has 0 bridgehead atoms. The lowest BCUT2D eigenvalue weighted by molar-refractivity contribution is 0.0929. The number of aryl methyl sites for hydroxylation is 1. The number of fused-ring (bicyclic) bond motifs is 1. The van der Waals surface area contributed by atoms with Gasteiger partial charge in [-0.25, -0.2) is 0 Å². The second-order valence-corrected chi connectivity index (χ2v) is 7.12. The summed E-state index contributed by atoms with van der Waals surface area (Å²) in [5.41, 5.74) is 4.12. The van der Waals surface area contributed by atoms with Gasteiger partial charge in [0.25, 0.3) is 5.91 Å². The fourth-order valence-electron chi connectivity index (χ4n) is 3.70. The van der Waals surface area contributed by atoms with Gasteiger partial charge in [-0.15, -0.1) is 10.2 Å². The number of carbonyl (C=O) groups excluding carboxylic acids is 1. The highest BCUT2D eigenvalue weighted by Gasteiger charge is 2.22. The van der Waals surface area contributed by atoms with Gasteiger partial charge in [-0.2, -0.15) is 0 Å². The van der Waals surface area contributed by atoms with Crippen molar-refractivity contribution in [1.29, 1.82) is 0 Å². The molecule has 0 atom stereocenters. The first-order chi connectivity index (χ1) is 12.7. The molecule has 1 saturated carbocycles. The number of carbonyl (C=O) groups is 1. The second kappa shape index (κ2) is 7.24. The van der Waals surface area contributed by atoms with Gasteiger partial charge in [-0.1, -0.05) is 67.3 Å². The maximum absolute atomic E-state index is 13.2. The Labute approximate surface area is 153 Å². The molecule has 132 valence electrons. The van der Waals surface area contributed by atoms with E-state index in [9.17, 15) is 4.79 Å². The number of amides is 1. The Balaban J connectivity index is 1.80. The highest BCUT2D eigenvalue weighted by atomic mass is 16.1. The summed E-state index contributed by atoms with van der Waals surface area (Å²) >= 11 is 0. The Morgan fingerprint density at radius 3 is 2.46 bits per heavy atom. The topological polar surface area (TPSA) is 54.9 Å². The zero-order valence-electron chi connectivity index (χ0n) is 15.0. The molecule has 26 heavy (non-hydrogen) atoms. The molecule has 1 aromatic heterocycles. The lowest BCUT2D eigenvalue weighted by atomic mass is 9.94. The van der Waals surface area contributed by atoms with Crippen molar-refractivity contribution in [3.8, 4) is 11.3 Å². The third-order valence-electron chi connectivity index (χ3n) is 5.16. The van der Waals surface area contributed by atoms with Crippen LogP contribution in [0.25, 0.3) is 22.2 Å². The van der Waals surface area contributed by atoms with Crippen LogP contribution in [0.1, 0.15) is 48.0 Å². The molecule has 0 unspecified atom stereocenters. The summed E-state index contributed by atoms with van der Waals surface area (Å²) in [6.45, 7) is 2.05. The minimum absolute atomic E-state index is 0.0430. The molecule has 0 spiro atoms. The summed E-state index contributed by atoms with van der Waals surface area (Å²) in [6, 6.07) is 16.1. The lowest BCUT2D eigenvalue weighted by Crippen LogP contribution is -2.36. The number of benzene rings is 2. The van der Waals surface area contributed by atoms with Gasteiger partial charge in [0.2, 0.25) is 0 Å². The molecule has 3 aromatic rings. The van der Waals surface area contributed by atoms with Crippen molar-refractivity contribution in [3.05, 3.63) is 59.7 Å². The van der Waals surface area contributed by atoms with Gasteiger partial charge in [-0.3, -0.25) is 4.79 Å². The Kier molecular flexibility index (Phi) is 4.65. The molecule has 1 N–H and O–H groups in total. The highest BCUT2D eigenvalue weighted by Crippen LogP contribution is 2.28. The van der Waals surface area contributed by atoms with Crippen molar-refractivity contribution in [2.24, 2.45) is 0 Å². The van der Waals surface area contributed by atoms with Crippen LogP contribution < -0.4 is 5.32 Å². The molecule has 1 fully saturated rings. The Bertz CT molecular complexity index is 928. The average molecular weight is 345 g/mol. The largest absolute Gasteiger partial charge is 0.349 e. The van der Waals surface area contributed by atoms with E-state index in [2.05, 4.69) is 15.5 Å². The number of nitrogens with one attached hydrogen (secondary N) is 1. The zero-order valence-corrected chi connectivity index (χ0v) is 15.0. The first kappa shape index (κ1) is 16.7. The summed E-state index contributed by atoms with van der Waals surface area (Å²) in [4.78, 5) is 13.2. The Morgan fingerprint density at radius 1 is 0.962 bits per heavy atom.